The largest absolute Gasteiger partial charge is 0.478 e. The van der Waals surface area contributed by atoms with E-state index < -0.39 is 0 Å². The summed E-state index contributed by atoms with van der Waals surface area (Å²) in [5.41, 5.74) is 4.92. The van der Waals surface area contributed by atoms with Crippen molar-refractivity contribution in [2.24, 2.45) is 0 Å². The lowest BCUT2D eigenvalue weighted by atomic mass is 9.99. The second kappa shape index (κ2) is 7.01. The van der Waals surface area contributed by atoms with Crippen LogP contribution < -0.4 is 9.64 Å². The Morgan fingerprint density at radius 2 is 1.91 bits per heavy atom. The van der Waals surface area contributed by atoms with Gasteiger partial charge in [-0.25, -0.2) is 0 Å². The Balaban J connectivity index is 2.04. The van der Waals surface area contributed by atoms with Gasteiger partial charge in [-0.2, -0.15) is 4.98 Å². The molecule has 0 saturated carbocycles. The molecular formula is C19H24N2O2. The zero-order valence-corrected chi connectivity index (χ0v) is 14.1. The van der Waals surface area contributed by atoms with Gasteiger partial charge in [-0.1, -0.05) is 23.8 Å². The molecule has 122 valence electrons. The Bertz CT molecular complexity index is 679. The molecule has 4 heteroatoms. The van der Waals surface area contributed by atoms with Gasteiger partial charge in [-0.05, 0) is 43.5 Å². The van der Waals surface area contributed by atoms with Crippen LogP contribution in [0.1, 0.15) is 18.1 Å². The first-order chi connectivity index (χ1) is 11.2. The van der Waals surface area contributed by atoms with Crippen LogP contribution in [0.5, 0.6) is 5.88 Å². The monoisotopic (exact) mass is 312 g/mol. The summed E-state index contributed by atoms with van der Waals surface area (Å²) in [5, 5.41) is 0. The summed E-state index contributed by atoms with van der Waals surface area (Å²) in [6.07, 6.45) is 0. The summed E-state index contributed by atoms with van der Waals surface area (Å²) < 4.78 is 11.1. The molecule has 1 aromatic heterocycles. The number of hydrogen-bond donors (Lipinski definition) is 0. The van der Waals surface area contributed by atoms with E-state index in [2.05, 4.69) is 48.0 Å². The maximum absolute atomic E-state index is 5.70. The second-order valence-electron chi connectivity index (χ2n) is 5.90. The molecule has 1 aliphatic heterocycles. The van der Waals surface area contributed by atoms with E-state index >= 15 is 0 Å². The maximum atomic E-state index is 5.70. The van der Waals surface area contributed by atoms with Crippen molar-refractivity contribution < 1.29 is 9.47 Å². The van der Waals surface area contributed by atoms with Crippen LogP contribution in [-0.2, 0) is 4.74 Å². The standard InChI is InChI=1S/C19H24N2O2/c1-4-23-19-13-16(17-11-14(2)5-6-15(17)3)12-18(20-19)21-7-9-22-10-8-21/h5-6,11-13H,4,7-10H2,1-3H3. The van der Waals surface area contributed by atoms with Gasteiger partial charge in [0.05, 0.1) is 19.8 Å². The van der Waals surface area contributed by atoms with Gasteiger partial charge in [0, 0.05) is 19.2 Å². The highest BCUT2D eigenvalue weighted by Crippen LogP contribution is 2.30. The minimum absolute atomic E-state index is 0.617. The number of ether oxygens (including phenoxy) is 2. The number of aromatic nitrogens is 1. The van der Waals surface area contributed by atoms with E-state index in [1.54, 1.807) is 0 Å². The number of nitrogens with zero attached hydrogens (tertiary/aromatic N) is 2. The minimum atomic E-state index is 0.617. The topological polar surface area (TPSA) is 34.6 Å². The van der Waals surface area contributed by atoms with Crippen LogP contribution in [0.2, 0.25) is 0 Å². The third-order valence-corrected chi connectivity index (χ3v) is 4.12. The molecule has 0 spiro atoms. The highest BCUT2D eigenvalue weighted by molar-refractivity contribution is 5.71. The first kappa shape index (κ1) is 15.8. The van der Waals surface area contributed by atoms with Crippen LogP contribution >= 0.6 is 0 Å². The van der Waals surface area contributed by atoms with E-state index in [9.17, 15) is 0 Å². The van der Waals surface area contributed by atoms with Crippen molar-refractivity contribution in [2.45, 2.75) is 20.8 Å². The summed E-state index contributed by atoms with van der Waals surface area (Å²) in [7, 11) is 0. The number of benzene rings is 1. The number of pyridine rings is 1. The van der Waals surface area contributed by atoms with Crippen LogP contribution in [0, 0.1) is 13.8 Å². The van der Waals surface area contributed by atoms with Gasteiger partial charge in [0.15, 0.2) is 0 Å². The minimum Gasteiger partial charge on any atom is -0.478 e. The molecule has 1 aliphatic rings. The van der Waals surface area contributed by atoms with E-state index in [-0.39, 0.29) is 0 Å². The third kappa shape index (κ3) is 3.64. The molecule has 2 heterocycles. The average Bonchev–Trinajstić information content (AvgIpc) is 2.58. The summed E-state index contributed by atoms with van der Waals surface area (Å²) in [6, 6.07) is 10.7. The fourth-order valence-corrected chi connectivity index (χ4v) is 2.87. The number of anilines is 1. The van der Waals surface area contributed by atoms with Gasteiger partial charge in [-0.15, -0.1) is 0 Å². The Morgan fingerprint density at radius 1 is 1.13 bits per heavy atom. The molecule has 0 N–H and O–H groups in total. The van der Waals surface area contributed by atoms with Crippen LogP contribution in [0.4, 0.5) is 5.82 Å². The molecule has 0 aliphatic carbocycles. The molecular weight excluding hydrogens is 288 g/mol. The van der Waals surface area contributed by atoms with Crippen molar-refractivity contribution in [1.29, 1.82) is 0 Å². The maximum Gasteiger partial charge on any atom is 0.215 e. The normalized spacial score (nSPS) is 14.8. The van der Waals surface area contributed by atoms with Crippen LogP contribution in [0.15, 0.2) is 30.3 Å². The van der Waals surface area contributed by atoms with Crippen molar-refractivity contribution in [3.63, 3.8) is 0 Å². The summed E-state index contributed by atoms with van der Waals surface area (Å²) in [5.74, 6) is 1.66. The molecule has 23 heavy (non-hydrogen) atoms. The van der Waals surface area contributed by atoms with Crippen LogP contribution in [-0.4, -0.2) is 37.9 Å². The molecule has 0 unspecified atom stereocenters. The predicted octanol–water partition coefficient (Wildman–Crippen LogP) is 3.60. The van der Waals surface area contributed by atoms with E-state index in [1.165, 1.54) is 16.7 Å². The molecule has 0 radical (unpaired) electrons. The summed E-state index contributed by atoms with van der Waals surface area (Å²) >= 11 is 0. The fraction of sp³-hybridized carbons (Fsp3) is 0.421. The van der Waals surface area contributed by atoms with E-state index in [4.69, 9.17) is 9.47 Å². The second-order valence-corrected chi connectivity index (χ2v) is 5.90. The molecule has 4 nitrogen and oxygen atoms in total. The van der Waals surface area contributed by atoms with Gasteiger partial charge < -0.3 is 14.4 Å². The molecule has 2 aromatic rings. The van der Waals surface area contributed by atoms with Crippen molar-refractivity contribution in [1.82, 2.24) is 4.98 Å². The zero-order chi connectivity index (χ0) is 16.2. The number of hydrogen-bond acceptors (Lipinski definition) is 4. The summed E-state index contributed by atoms with van der Waals surface area (Å²) in [6.45, 7) is 10.1. The van der Waals surface area contributed by atoms with Crippen molar-refractivity contribution >= 4 is 5.82 Å². The van der Waals surface area contributed by atoms with Gasteiger partial charge in [0.2, 0.25) is 5.88 Å². The van der Waals surface area contributed by atoms with Gasteiger partial charge in [-0.3, -0.25) is 0 Å². The lowest BCUT2D eigenvalue weighted by Crippen LogP contribution is -2.36. The lowest BCUT2D eigenvalue weighted by Gasteiger charge is -2.28. The SMILES string of the molecule is CCOc1cc(-c2cc(C)ccc2C)cc(N2CCOCC2)n1. The Hall–Kier alpha value is -2.07. The van der Waals surface area contributed by atoms with Gasteiger partial charge in [0.25, 0.3) is 0 Å². The Kier molecular flexibility index (Phi) is 4.82. The molecule has 0 bridgehead atoms. The van der Waals surface area contributed by atoms with E-state index in [1.807, 2.05) is 13.0 Å². The van der Waals surface area contributed by atoms with Crippen molar-refractivity contribution in [3.8, 4) is 17.0 Å². The van der Waals surface area contributed by atoms with Crippen molar-refractivity contribution in [3.05, 3.63) is 41.5 Å². The smallest absolute Gasteiger partial charge is 0.215 e. The molecule has 3 rings (SSSR count). The Labute approximate surface area is 138 Å². The van der Waals surface area contributed by atoms with E-state index in [0.717, 1.165) is 37.7 Å². The zero-order valence-electron chi connectivity index (χ0n) is 14.1. The predicted molar refractivity (Wildman–Crippen MR) is 93.3 cm³/mol. The lowest BCUT2D eigenvalue weighted by molar-refractivity contribution is 0.122. The molecule has 1 aromatic carbocycles. The Morgan fingerprint density at radius 3 is 2.65 bits per heavy atom. The van der Waals surface area contributed by atoms with Gasteiger partial charge >= 0.3 is 0 Å². The molecule has 0 atom stereocenters. The van der Waals surface area contributed by atoms with Gasteiger partial charge in [0.1, 0.15) is 5.82 Å². The quantitative estimate of drug-likeness (QED) is 0.864. The van der Waals surface area contributed by atoms with Crippen LogP contribution in [0.25, 0.3) is 11.1 Å². The fourth-order valence-electron chi connectivity index (χ4n) is 2.87. The van der Waals surface area contributed by atoms with Crippen molar-refractivity contribution in [2.75, 3.05) is 37.8 Å². The molecule has 0 amide bonds. The molecule has 1 saturated heterocycles. The first-order valence-corrected chi connectivity index (χ1v) is 8.22. The summed E-state index contributed by atoms with van der Waals surface area (Å²) in [4.78, 5) is 6.94. The number of morpholine rings is 1. The third-order valence-electron chi connectivity index (χ3n) is 4.12. The highest BCUT2D eigenvalue weighted by atomic mass is 16.5. The van der Waals surface area contributed by atoms with Crippen LogP contribution in [0.3, 0.4) is 0 Å². The molecule has 1 fully saturated rings. The highest BCUT2D eigenvalue weighted by Gasteiger charge is 2.16. The van der Waals surface area contributed by atoms with E-state index in [0.29, 0.717) is 12.5 Å². The number of aryl methyl sites for hydroxylation is 2. The first-order valence-electron chi connectivity index (χ1n) is 8.22. The number of rotatable bonds is 4. The average molecular weight is 312 g/mol.